The molecule has 27 heavy (non-hydrogen) atoms. The molecule has 1 unspecified atom stereocenters. The molecule has 0 aliphatic heterocycles. The number of amides is 1. The van der Waals surface area contributed by atoms with Gasteiger partial charge in [-0.25, -0.2) is 8.42 Å². The number of nitrogens with one attached hydrogen (secondary N) is 1. The monoisotopic (exact) mass is 428 g/mol. The maximum atomic E-state index is 12.9. The van der Waals surface area contributed by atoms with E-state index < -0.39 is 16.1 Å². The van der Waals surface area contributed by atoms with Crippen molar-refractivity contribution in [2.75, 3.05) is 13.1 Å². The molecule has 146 valence electrons. The first-order valence-corrected chi connectivity index (χ1v) is 10.8. The summed E-state index contributed by atoms with van der Waals surface area (Å²) in [5, 5.41) is 0.287. The molecule has 0 radical (unpaired) electrons. The lowest BCUT2D eigenvalue weighted by Gasteiger charge is -2.26. The third kappa shape index (κ3) is 5.69. The van der Waals surface area contributed by atoms with Crippen LogP contribution in [0.5, 0.6) is 0 Å². The molecule has 0 aliphatic rings. The predicted molar refractivity (Wildman–Crippen MR) is 109 cm³/mol. The number of hydrogen-bond donors (Lipinski definition) is 1. The minimum Gasteiger partial charge on any atom is -0.342 e. The molecule has 0 aliphatic carbocycles. The number of benzene rings is 2. The molecule has 0 spiro atoms. The van der Waals surface area contributed by atoms with E-state index in [1.165, 1.54) is 18.2 Å². The average molecular weight is 429 g/mol. The Balaban J connectivity index is 2.37. The van der Waals surface area contributed by atoms with E-state index in [0.717, 1.165) is 5.56 Å². The van der Waals surface area contributed by atoms with E-state index in [0.29, 0.717) is 13.1 Å². The van der Waals surface area contributed by atoms with Gasteiger partial charge in [0.05, 0.1) is 5.02 Å². The van der Waals surface area contributed by atoms with Crippen LogP contribution in [0.4, 0.5) is 0 Å². The molecule has 2 rings (SSSR count). The van der Waals surface area contributed by atoms with Crippen molar-refractivity contribution >= 4 is 39.1 Å². The highest BCUT2D eigenvalue weighted by Crippen LogP contribution is 2.25. The van der Waals surface area contributed by atoms with E-state index in [1.54, 1.807) is 4.90 Å². The molecule has 1 amide bonds. The van der Waals surface area contributed by atoms with Crippen LogP contribution in [0.1, 0.15) is 19.4 Å². The summed E-state index contributed by atoms with van der Waals surface area (Å²) >= 11 is 12.0. The molecule has 2 aromatic carbocycles. The molecule has 0 saturated carbocycles. The van der Waals surface area contributed by atoms with E-state index in [2.05, 4.69) is 4.72 Å². The van der Waals surface area contributed by atoms with Gasteiger partial charge in [-0.2, -0.15) is 4.72 Å². The molecule has 0 fully saturated rings. The van der Waals surface area contributed by atoms with Crippen molar-refractivity contribution in [3.8, 4) is 0 Å². The van der Waals surface area contributed by atoms with Crippen molar-refractivity contribution in [1.29, 1.82) is 0 Å². The number of hydrogen-bond acceptors (Lipinski definition) is 3. The lowest BCUT2D eigenvalue weighted by molar-refractivity contribution is -0.132. The highest BCUT2D eigenvalue weighted by atomic mass is 35.5. The molecule has 1 N–H and O–H groups in total. The van der Waals surface area contributed by atoms with Crippen molar-refractivity contribution < 1.29 is 13.2 Å². The highest BCUT2D eigenvalue weighted by Gasteiger charge is 2.29. The second-order valence-electron chi connectivity index (χ2n) is 5.95. The lowest BCUT2D eigenvalue weighted by Crippen LogP contribution is -2.49. The van der Waals surface area contributed by atoms with Gasteiger partial charge in [0.1, 0.15) is 10.9 Å². The summed E-state index contributed by atoms with van der Waals surface area (Å²) in [5.74, 6) is -0.287. The quantitative estimate of drug-likeness (QED) is 0.695. The first-order chi connectivity index (χ1) is 12.8. The largest absolute Gasteiger partial charge is 0.342 e. The van der Waals surface area contributed by atoms with Crippen LogP contribution in [0, 0.1) is 0 Å². The number of likely N-dealkylation sites (N-methyl/N-ethyl adjacent to an activating group) is 1. The lowest BCUT2D eigenvalue weighted by atomic mass is 10.1. The van der Waals surface area contributed by atoms with E-state index in [4.69, 9.17) is 23.2 Å². The summed E-state index contributed by atoms with van der Waals surface area (Å²) in [4.78, 5) is 14.4. The Morgan fingerprint density at radius 3 is 2.30 bits per heavy atom. The summed E-state index contributed by atoms with van der Waals surface area (Å²) < 4.78 is 28.3. The molecule has 5 nitrogen and oxygen atoms in total. The Morgan fingerprint density at radius 1 is 1.07 bits per heavy atom. The Hall–Kier alpha value is -1.60. The van der Waals surface area contributed by atoms with E-state index >= 15 is 0 Å². The number of rotatable bonds is 8. The summed E-state index contributed by atoms with van der Waals surface area (Å²) in [5.41, 5.74) is 0.850. The Morgan fingerprint density at radius 2 is 1.70 bits per heavy atom. The van der Waals surface area contributed by atoms with Gasteiger partial charge in [-0.15, -0.1) is 0 Å². The first-order valence-electron chi connectivity index (χ1n) is 8.58. The van der Waals surface area contributed by atoms with Gasteiger partial charge in [0.25, 0.3) is 0 Å². The molecule has 0 bridgehead atoms. The molecule has 2 aromatic rings. The number of nitrogens with zero attached hydrogens (tertiary/aromatic N) is 1. The maximum Gasteiger partial charge on any atom is 0.242 e. The maximum absolute atomic E-state index is 12.9. The van der Waals surface area contributed by atoms with Crippen LogP contribution in [-0.2, 0) is 21.2 Å². The molecule has 1 atom stereocenters. The van der Waals surface area contributed by atoms with Crippen molar-refractivity contribution in [1.82, 2.24) is 9.62 Å². The van der Waals surface area contributed by atoms with Crippen LogP contribution in [-0.4, -0.2) is 38.4 Å². The van der Waals surface area contributed by atoms with E-state index in [9.17, 15) is 13.2 Å². The van der Waals surface area contributed by atoms with Gasteiger partial charge in [0.15, 0.2) is 0 Å². The van der Waals surface area contributed by atoms with Gasteiger partial charge in [-0.1, -0.05) is 53.5 Å². The molecular formula is C19H22Cl2N2O3S. The first kappa shape index (κ1) is 21.7. The Labute approximate surface area is 170 Å². The van der Waals surface area contributed by atoms with Crippen LogP contribution in [0.15, 0.2) is 53.4 Å². The van der Waals surface area contributed by atoms with Gasteiger partial charge >= 0.3 is 0 Å². The summed E-state index contributed by atoms with van der Waals surface area (Å²) in [6, 6.07) is 12.5. The Kier molecular flexibility index (Phi) is 7.68. The van der Waals surface area contributed by atoms with Gasteiger partial charge in [-0.05, 0) is 44.0 Å². The second-order valence-corrected chi connectivity index (χ2v) is 8.47. The highest BCUT2D eigenvalue weighted by molar-refractivity contribution is 7.89. The molecular weight excluding hydrogens is 407 g/mol. The number of sulfonamides is 1. The van der Waals surface area contributed by atoms with Crippen molar-refractivity contribution in [3.63, 3.8) is 0 Å². The fourth-order valence-corrected chi connectivity index (χ4v) is 4.67. The van der Waals surface area contributed by atoms with Crippen molar-refractivity contribution in [2.45, 2.75) is 31.2 Å². The third-order valence-corrected chi connectivity index (χ3v) is 6.32. The minimum absolute atomic E-state index is 0.0423. The fourth-order valence-electron chi connectivity index (χ4n) is 2.72. The van der Waals surface area contributed by atoms with Crippen LogP contribution in [0.2, 0.25) is 10.0 Å². The molecule has 0 aromatic heterocycles. The van der Waals surface area contributed by atoms with Crippen LogP contribution >= 0.6 is 23.2 Å². The van der Waals surface area contributed by atoms with Gasteiger partial charge in [0.2, 0.25) is 15.9 Å². The molecule has 8 heteroatoms. The van der Waals surface area contributed by atoms with Crippen LogP contribution < -0.4 is 4.72 Å². The zero-order valence-corrected chi connectivity index (χ0v) is 17.5. The van der Waals surface area contributed by atoms with E-state index in [1.807, 2.05) is 44.2 Å². The second kappa shape index (κ2) is 9.55. The van der Waals surface area contributed by atoms with Gasteiger partial charge in [-0.3, -0.25) is 4.79 Å². The SMILES string of the molecule is CCN(CC)C(=O)C(Cc1ccccc1)NS(=O)(=O)c1cc(Cl)ccc1Cl. The fraction of sp³-hybridized carbons (Fsp3) is 0.316. The summed E-state index contributed by atoms with van der Waals surface area (Å²) in [6.45, 7) is 4.67. The van der Waals surface area contributed by atoms with Crippen molar-refractivity contribution in [2.24, 2.45) is 0 Å². The zero-order valence-electron chi connectivity index (χ0n) is 15.2. The number of halogens is 2. The number of carbonyl (C=O) groups is 1. The van der Waals surface area contributed by atoms with E-state index in [-0.39, 0.29) is 27.3 Å². The molecule has 0 saturated heterocycles. The van der Waals surface area contributed by atoms with Crippen LogP contribution in [0.3, 0.4) is 0 Å². The minimum atomic E-state index is -4.04. The van der Waals surface area contributed by atoms with Crippen molar-refractivity contribution in [3.05, 3.63) is 64.1 Å². The zero-order chi connectivity index (χ0) is 20.0. The predicted octanol–water partition coefficient (Wildman–Crippen LogP) is 3.75. The van der Waals surface area contributed by atoms with Gasteiger partial charge < -0.3 is 4.90 Å². The standard InChI is InChI=1S/C19H22Cl2N2O3S/c1-3-23(4-2)19(24)17(12-14-8-6-5-7-9-14)22-27(25,26)18-13-15(20)10-11-16(18)21/h5-11,13,17,22H,3-4,12H2,1-2H3. The van der Waals surface area contributed by atoms with Gasteiger partial charge in [0, 0.05) is 18.1 Å². The summed E-state index contributed by atoms with van der Waals surface area (Å²) in [6.07, 6.45) is 0.230. The summed E-state index contributed by atoms with van der Waals surface area (Å²) in [7, 11) is -4.04. The average Bonchev–Trinajstić information content (AvgIpc) is 2.64. The molecule has 0 heterocycles. The normalized spacial score (nSPS) is 12.6. The Bertz CT molecular complexity index is 885. The van der Waals surface area contributed by atoms with Crippen LogP contribution in [0.25, 0.3) is 0 Å². The smallest absolute Gasteiger partial charge is 0.242 e. The number of carbonyl (C=O) groups excluding carboxylic acids is 1. The third-order valence-electron chi connectivity index (χ3n) is 4.14. The topological polar surface area (TPSA) is 66.5 Å².